The molecular formula is C10H13N3O3. The van der Waals surface area contributed by atoms with Gasteiger partial charge in [0.15, 0.2) is 0 Å². The van der Waals surface area contributed by atoms with Crippen LogP contribution in [-0.4, -0.2) is 29.2 Å². The summed E-state index contributed by atoms with van der Waals surface area (Å²) in [4.78, 5) is 14.0. The lowest BCUT2D eigenvalue weighted by atomic mass is 10.2. The second-order valence-corrected chi connectivity index (χ2v) is 3.67. The third kappa shape index (κ3) is 2.46. The van der Waals surface area contributed by atoms with Crippen LogP contribution in [0.25, 0.3) is 0 Å². The molecule has 1 aromatic rings. The van der Waals surface area contributed by atoms with Gasteiger partial charge in [-0.05, 0) is 18.9 Å². The minimum absolute atomic E-state index is 0.000460. The van der Waals surface area contributed by atoms with Crippen LogP contribution in [0.1, 0.15) is 12.8 Å². The van der Waals surface area contributed by atoms with Crippen LogP contribution in [0, 0.1) is 10.1 Å². The van der Waals surface area contributed by atoms with Crippen LogP contribution in [0.2, 0.25) is 0 Å². The second kappa shape index (κ2) is 4.89. The molecule has 0 aromatic carbocycles. The molecule has 1 fully saturated rings. The summed E-state index contributed by atoms with van der Waals surface area (Å²) in [6, 6.07) is 1.60. The SMILES string of the molecule is O=[N+]([O-])c1cnccc1NC[C@H]1CCCO1. The van der Waals surface area contributed by atoms with Crippen molar-refractivity contribution in [3.8, 4) is 0 Å². The zero-order valence-electron chi connectivity index (χ0n) is 8.76. The number of nitrogens with one attached hydrogen (secondary N) is 1. The van der Waals surface area contributed by atoms with Gasteiger partial charge in [0.05, 0.1) is 11.0 Å². The Kier molecular flexibility index (Phi) is 3.31. The Labute approximate surface area is 92.8 Å². The highest BCUT2D eigenvalue weighted by Crippen LogP contribution is 2.22. The molecule has 1 aromatic heterocycles. The minimum Gasteiger partial charge on any atom is -0.377 e. The van der Waals surface area contributed by atoms with E-state index < -0.39 is 4.92 Å². The fourth-order valence-corrected chi connectivity index (χ4v) is 1.71. The van der Waals surface area contributed by atoms with Gasteiger partial charge in [-0.3, -0.25) is 15.1 Å². The van der Waals surface area contributed by atoms with E-state index in [0.29, 0.717) is 12.2 Å². The molecule has 0 unspecified atom stereocenters. The lowest BCUT2D eigenvalue weighted by Gasteiger charge is -2.11. The standard InChI is InChI=1S/C10H13N3O3/c14-13(15)10-7-11-4-3-9(10)12-6-8-2-1-5-16-8/h3-4,7-8H,1-2,5-6H2,(H,11,12)/t8-/m1/s1. The second-order valence-electron chi connectivity index (χ2n) is 3.67. The molecule has 6 nitrogen and oxygen atoms in total. The third-order valence-electron chi connectivity index (χ3n) is 2.54. The summed E-state index contributed by atoms with van der Waals surface area (Å²) in [6.07, 6.45) is 5.01. The summed E-state index contributed by atoms with van der Waals surface area (Å²) in [5, 5.41) is 13.7. The Morgan fingerprint density at radius 2 is 2.56 bits per heavy atom. The number of anilines is 1. The average Bonchev–Trinajstić information content (AvgIpc) is 2.79. The highest BCUT2D eigenvalue weighted by Gasteiger charge is 2.18. The maximum Gasteiger partial charge on any atom is 0.310 e. The van der Waals surface area contributed by atoms with Gasteiger partial charge >= 0.3 is 5.69 Å². The van der Waals surface area contributed by atoms with Gasteiger partial charge in [0, 0.05) is 19.3 Å². The highest BCUT2D eigenvalue weighted by molar-refractivity contribution is 5.59. The lowest BCUT2D eigenvalue weighted by Crippen LogP contribution is -2.18. The maximum atomic E-state index is 10.7. The number of nitro groups is 1. The molecule has 0 spiro atoms. The van der Waals surface area contributed by atoms with E-state index in [1.54, 1.807) is 6.07 Å². The fraction of sp³-hybridized carbons (Fsp3) is 0.500. The molecule has 1 aliphatic rings. The number of nitrogens with zero attached hydrogens (tertiary/aromatic N) is 2. The third-order valence-corrected chi connectivity index (χ3v) is 2.54. The van der Waals surface area contributed by atoms with Crippen molar-refractivity contribution in [2.24, 2.45) is 0 Å². The maximum absolute atomic E-state index is 10.7. The normalized spacial score (nSPS) is 19.6. The Morgan fingerprint density at radius 3 is 3.25 bits per heavy atom. The molecule has 0 aliphatic carbocycles. The molecule has 1 atom stereocenters. The van der Waals surface area contributed by atoms with Crippen molar-refractivity contribution in [1.82, 2.24) is 4.98 Å². The van der Waals surface area contributed by atoms with Crippen LogP contribution >= 0.6 is 0 Å². The van der Waals surface area contributed by atoms with Crippen LogP contribution in [0.4, 0.5) is 11.4 Å². The summed E-state index contributed by atoms with van der Waals surface area (Å²) < 4.78 is 5.43. The Hall–Kier alpha value is -1.69. The van der Waals surface area contributed by atoms with Crippen molar-refractivity contribution < 1.29 is 9.66 Å². The molecule has 86 valence electrons. The van der Waals surface area contributed by atoms with E-state index in [1.165, 1.54) is 12.4 Å². The molecule has 0 bridgehead atoms. The zero-order valence-corrected chi connectivity index (χ0v) is 8.76. The van der Waals surface area contributed by atoms with Crippen LogP contribution in [0.3, 0.4) is 0 Å². The molecular weight excluding hydrogens is 210 g/mol. The van der Waals surface area contributed by atoms with Gasteiger partial charge in [-0.15, -0.1) is 0 Å². The smallest absolute Gasteiger partial charge is 0.310 e. The fourth-order valence-electron chi connectivity index (χ4n) is 1.71. The van der Waals surface area contributed by atoms with Crippen LogP contribution in [0.15, 0.2) is 18.5 Å². The Balaban J connectivity index is 2.00. The molecule has 0 saturated carbocycles. The van der Waals surface area contributed by atoms with E-state index in [0.717, 1.165) is 19.4 Å². The summed E-state index contributed by atoms with van der Waals surface area (Å²) in [5.41, 5.74) is 0.496. The van der Waals surface area contributed by atoms with Crippen molar-refractivity contribution in [2.75, 3.05) is 18.5 Å². The summed E-state index contributed by atoms with van der Waals surface area (Å²) >= 11 is 0. The van der Waals surface area contributed by atoms with E-state index in [1.807, 2.05) is 0 Å². The van der Waals surface area contributed by atoms with E-state index >= 15 is 0 Å². The first kappa shape index (κ1) is 10.8. The van der Waals surface area contributed by atoms with Gasteiger partial charge in [0.1, 0.15) is 11.9 Å². The van der Waals surface area contributed by atoms with Gasteiger partial charge in [-0.2, -0.15) is 0 Å². The molecule has 0 amide bonds. The monoisotopic (exact) mass is 223 g/mol. The van der Waals surface area contributed by atoms with Crippen molar-refractivity contribution >= 4 is 11.4 Å². The number of aromatic nitrogens is 1. The first-order valence-corrected chi connectivity index (χ1v) is 5.21. The largest absolute Gasteiger partial charge is 0.377 e. The van der Waals surface area contributed by atoms with Crippen molar-refractivity contribution in [2.45, 2.75) is 18.9 Å². The van der Waals surface area contributed by atoms with Crippen molar-refractivity contribution in [3.05, 3.63) is 28.6 Å². The van der Waals surface area contributed by atoms with E-state index in [2.05, 4.69) is 10.3 Å². The number of hydrogen-bond donors (Lipinski definition) is 1. The Morgan fingerprint density at radius 1 is 1.69 bits per heavy atom. The van der Waals surface area contributed by atoms with E-state index in [9.17, 15) is 10.1 Å². The molecule has 1 N–H and O–H groups in total. The number of rotatable bonds is 4. The van der Waals surface area contributed by atoms with Gasteiger partial charge in [0.25, 0.3) is 0 Å². The molecule has 2 rings (SSSR count). The summed E-state index contributed by atoms with van der Waals surface area (Å²) in [6.45, 7) is 1.38. The molecule has 1 aliphatic heterocycles. The number of pyridine rings is 1. The number of ether oxygens (including phenoxy) is 1. The van der Waals surface area contributed by atoms with E-state index in [4.69, 9.17) is 4.74 Å². The first-order valence-electron chi connectivity index (χ1n) is 5.21. The summed E-state index contributed by atoms with van der Waals surface area (Å²) in [7, 11) is 0. The van der Waals surface area contributed by atoms with Crippen LogP contribution in [0.5, 0.6) is 0 Å². The highest BCUT2D eigenvalue weighted by atomic mass is 16.6. The molecule has 0 radical (unpaired) electrons. The molecule has 1 saturated heterocycles. The predicted octanol–water partition coefficient (Wildman–Crippen LogP) is 1.58. The minimum atomic E-state index is -0.440. The number of hydrogen-bond acceptors (Lipinski definition) is 5. The molecule has 6 heteroatoms. The molecule has 16 heavy (non-hydrogen) atoms. The van der Waals surface area contributed by atoms with E-state index in [-0.39, 0.29) is 11.8 Å². The molecule has 2 heterocycles. The van der Waals surface area contributed by atoms with Gasteiger partial charge in [-0.25, -0.2) is 0 Å². The van der Waals surface area contributed by atoms with Crippen LogP contribution < -0.4 is 5.32 Å². The lowest BCUT2D eigenvalue weighted by molar-refractivity contribution is -0.384. The van der Waals surface area contributed by atoms with Gasteiger partial charge in [-0.1, -0.05) is 0 Å². The van der Waals surface area contributed by atoms with Gasteiger partial charge < -0.3 is 10.1 Å². The van der Waals surface area contributed by atoms with Gasteiger partial charge in [0.2, 0.25) is 0 Å². The van der Waals surface area contributed by atoms with Crippen molar-refractivity contribution in [1.29, 1.82) is 0 Å². The average molecular weight is 223 g/mol. The topological polar surface area (TPSA) is 77.3 Å². The zero-order chi connectivity index (χ0) is 11.4. The summed E-state index contributed by atoms with van der Waals surface area (Å²) in [5.74, 6) is 0. The quantitative estimate of drug-likeness (QED) is 0.619. The van der Waals surface area contributed by atoms with Crippen LogP contribution in [-0.2, 0) is 4.74 Å². The Bertz CT molecular complexity index is 377. The van der Waals surface area contributed by atoms with Crippen molar-refractivity contribution in [3.63, 3.8) is 0 Å². The first-order chi connectivity index (χ1) is 7.77. The predicted molar refractivity (Wildman–Crippen MR) is 58.4 cm³/mol.